The van der Waals surface area contributed by atoms with Crippen LogP contribution >= 0.6 is 0 Å². The number of aromatic amines is 1. The monoisotopic (exact) mass is 332 g/mol. The molecule has 6 heteroatoms. The molecule has 0 saturated heterocycles. The molecule has 0 amide bonds. The maximum absolute atomic E-state index is 12.2. The van der Waals surface area contributed by atoms with Gasteiger partial charge in [0.2, 0.25) is 5.88 Å². The van der Waals surface area contributed by atoms with Gasteiger partial charge in [0.25, 0.3) is 0 Å². The third-order valence-electron chi connectivity index (χ3n) is 4.19. The van der Waals surface area contributed by atoms with Crippen molar-refractivity contribution >= 4 is 11.2 Å². The molecule has 25 heavy (non-hydrogen) atoms. The fraction of sp³-hybridized carbons (Fsp3) is 0.105. The first kappa shape index (κ1) is 15.1. The summed E-state index contributed by atoms with van der Waals surface area (Å²) in [5.41, 5.74) is 3.86. The lowest BCUT2D eigenvalue weighted by atomic mass is 10.1. The van der Waals surface area contributed by atoms with Crippen molar-refractivity contribution in [3.05, 3.63) is 76.5 Å². The summed E-state index contributed by atoms with van der Waals surface area (Å²) in [4.78, 5) is 23.6. The summed E-state index contributed by atoms with van der Waals surface area (Å²) in [5, 5.41) is 0. The molecule has 0 bridgehead atoms. The number of nitrogens with zero attached hydrogens (tertiary/aromatic N) is 3. The third-order valence-corrected chi connectivity index (χ3v) is 4.19. The second-order valence-electron chi connectivity index (χ2n) is 5.79. The van der Waals surface area contributed by atoms with E-state index in [9.17, 15) is 4.79 Å². The number of aromatic nitrogens is 4. The Hall–Kier alpha value is -3.41. The first-order valence-corrected chi connectivity index (χ1v) is 7.90. The zero-order valence-corrected chi connectivity index (χ0v) is 13.9. The molecule has 0 fully saturated rings. The summed E-state index contributed by atoms with van der Waals surface area (Å²) in [6.07, 6.45) is 3.25. The molecule has 0 saturated carbocycles. The Morgan fingerprint density at radius 1 is 1.04 bits per heavy atom. The number of hydrogen-bond donors (Lipinski definition) is 1. The number of pyridine rings is 2. The van der Waals surface area contributed by atoms with E-state index in [2.05, 4.69) is 15.0 Å². The van der Waals surface area contributed by atoms with Crippen molar-refractivity contribution < 1.29 is 4.74 Å². The fourth-order valence-electron chi connectivity index (χ4n) is 2.69. The maximum Gasteiger partial charge on any atom is 0.332 e. The van der Waals surface area contributed by atoms with Gasteiger partial charge in [0.15, 0.2) is 5.65 Å². The fourth-order valence-corrected chi connectivity index (χ4v) is 2.69. The summed E-state index contributed by atoms with van der Waals surface area (Å²) in [6, 6.07) is 13.0. The molecule has 4 aromatic rings. The van der Waals surface area contributed by atoms with Crippen LogP contribution in [0.25, 0.3) is 16.9 Å². The van der Waals surface area contributed by atoms with Gasteiger partial charge in [-0.05, 0) is 49.2 Å². The van der Waals surface area contributed by atoms with Gasteiger partial charge in [-0.25, -0.2) is 19.3 Å². The smallest absolute Gasteiger partial charge is 0.332 e. The molecule has 4 rings (SSSR count). The second-order valence-corrected chi connectivity index (χ2v) is 5.79. The number of H-pyrrole nitrogens is 1. The Kier molecular flexibility index (Phi) is 3.57. The molecule has 3 heterocycles. The Morgan fingerprint density at radius 3 is 2.72 bits per heavy atom. The van der Waals surface area contributed by atoms with E-state index in [1.807, 2.05) is 38.1 Å². The van der Waals surface area contributed by atoms with Crippen molar-refractivity contribution in [2.45, 2.75) is 13.8 Å². The van der Waals surface area contributed by atoms with E-state index in [0.717, 1.165) is 16.9 Å². The van der Waals surface area contributed by atoms with Crippen molar-refractivity contribution in [3.63, 3.8) is 0 Å². The number of aryl methyl sites for hydroxylation is 1. The highest BCUT2D eigenvalue weighted by Crippen LogP contribution is 2.26. The Labute approximate surface area is 143 Å². The van der Waals surface area contributed by atoms with E-state index in [4.69, 9.17) is 4.74 Å². The number of hydrogen-bond acceptors (Lipinski definition) is 4. The molecule has 3 aromatic heterocycles. The van der Waals surface area contributed by atoms with Crippen LogP contribution in [0.15, 0.2) is 59.7 Å². The minimum Gasteiger partial charge on any atom is -0.439 e. The summed E-state index contributed by atoms with van der Waals surface area (Å²) >= 11 is 0. The summed E-state index contributed by atoms with van der Waals surface area (Å²) in [5.74, 6) is 1.24. The van der Waals surface area contributed by atoms with Gasteiger partial charge in [-0.3, -0.25) is 0 Å². The molecule has 124 valence electrons. The van der Waals surface area contributed by atoms with Crippen molar-refractivity contribution in [1.29, 1.82) is 0 Å². The SMILES string of the molecule is Cc1cccc(Oc2ccc(-n3c(=O)[nH]c4cccnc43)cn2)c1C. The van der Waals surface area contributed by atoms with Gasteiger partial charge in [-0.2, -0.15) is 0 Å². The lowest BCUT2D eigenvalue weighted by Gasteiger charge is -2.10. The molecule has 0 radical (unpaired) electrons. The van der Waals surface area contributed by atoms with E-state index in [-0.39, 0.29) is 5.69 Å². The van der Waals surface area contributed by atoms with E-state index in [1.54, 1.807) is 30.6 Å². The lowest BCUT2D eigenvalue weighted by Crippen LogP contribution is -2.15. The minimum absolute atomic E-state index is 0.251. The van der Waals surface area contributed by atoms with Crippen LogP contribution < -0.4 is 10.4 Å². The minimum atomic E-state index is -0.251. The molecule has 0 aliphatic heterocycles. The number of nitrogens with one attached hydrogen (secondary N) is 1. The quantitative estimate of drug-likeness (QED) is 0.623. The first-order chi connectivity index (χ1) is 12.1. The molecule has 1 N–H and O–H groups in total. The number of ether oxygens (including phenoxy) is 1. The molecule has 0 unspecified atom stereocenters. The zero-order chi connectivity index (χ0) is 17.4. The summed E-state index contributed by atoms with van der Waals surface area (Å²) in [6.45, 7) is 4.05. The average molecular weight is 332 g/mol. The lowest BCUT2D eigenvalue weighted by molar-refractivity contribution is 0.459. The third kappa shape index (κ3) is 2.67. The van der Waals surface area contributed by atoms with Crippen LogP contribution in [0, 0.1) is 13.8 Å². The standard InChI is InChI=1S/C19H16N4O2/c1-12-5-3-7-16(13(12)2)25-17-9-8-14(11-21-17)23-18-15(22-19(23)24)6-4-10-20-18/h3-11H,1-2H3,(H,22,24). The average Bonchev–Trinajstić information content (AvgIpc) is 2.95. The van der Waals surface area contributed by atoms with Crippen molar-refractivity contribution in [2.75, 3.05) is 0 Å². The molecular formula is C19H16N4O2. The first-order valence-electron chi connectivity index (χ1n) is 7.90. The number of benzene rings is 1. The van der Waals surface area contributed by atoms with Crippen LogP contribution in [0.4, 0.5) is 0 Å². The van der Waals surface area contributed by atoms with Gasteiger partial charge in [0.1, 0.15) is 5.75 Å². The van der Waals surface area contributed by atoms with Crippen molar-refractivity contribution in [2.24, 2.45) is 0 Å². The van der Waals surface area contributed by atoms with Crippen LogP contribution in [0.1, 0.15) is 11.1 Å². The van der Waals surface area contributed by atoms with Crippen molar-refractivity contribution in [3.8, 4) is 17.3 Å². The molecule has 1 aromatic carbocycles. The van der Waals surface area contributed by atoms with E-state index in [0.29, 0.717) is 22.7 Å². The van der Waals surface area contributed by atoms with Crippen LogP contribution in [0.2, 0.25) is 0 Å². The Morgan fingerprint density at radius 2 is 1.92 bits per heavy atom. The van der Waals surface area contributed by atoms with Gasteiger partial charge in [-0.15, -0.1) is 0 Å². The maximum atomic E-state index is 12.2. The summed E-state index contributed by atoms with van der Waals surface area (Å²) < 4.78 is 7.35. The van der Waals surface area contributed by atoms with Crippen LogP contribution in [-0.2, 0) is 0 Å². The zero-order valence-electron chi connectivity index (χ0n) is 13.9. The van der Waals surface area contributed by atoms with Gasteiger partial charge in [0, 0.05) is 12.3 Å². The van der Waals surface area contributed by atoms with E-state index in [1.165, 1.54) is 4.57 Å². The van der Waals surface area contributed by atoms with Crippen LogP contribution in [0.5, 0.6) is 11.6 Å². The van der Waals surface area contributed by atoms with Gasteiger partial charge >= 0.3 is 5.69 Å². The van der Waals surface area contributed by atoms with E-state index >= 15 is 0 Å². The number of fused-ring (bicyclic) bond motifs is 1. The van der Waals surface area contributed by atoms with Gasteiger partial charge in [-0.1, -0.05) is 12.1 Å². The normalized spacial score (nSPS) is 11.0. The number of imidazole rings is 1. The van der Waals surface area contributed by atoms with Gasteiger partial charge in [0.05, 0.1) is 17.4 Å². The van der Waals surface area contributed by atoms with Crippen LogP contribution in [-0.4, -0.2) is 19.5 Å². The van der Waals surface area contributed by atoms with Gasteiger partial charge < -0.3 is 9.72 Å². The highest BCUT2D eigenvalue weighted by molar-refractivity contribution is 5.72. The Balaban J connectivity index is 1.69. The van der Waals surface area contributed by atoms with E-state index < -0.39 is 0 Å². The predicted octanol–water partition coefficient (Wildman–Crippen LogP) is 3.52. The summed E-state index contributed by atoms with van der Waals surface area (Å²) in [7, 11) is 0. The Bertz CT molecular complexity index is 1110. The molecule has 0 atom stereocenters. The molecule has 0 aliphatic carbocycles. The predicted molar refractivity (Wildman–Crippen MR) is 95.5 cm³/mol. The molecule has 0 spiro atoms. The topological polar surface area (TPSA) is 72.8 Å². The molecule has 6 nitrogen and oxygen atoms in total. The molecular weight excluding hydrogens is 316 g/mol. The largest absolute Gasteiger partial charge is 0.439 e. The second kappa shape index (κ2) is 5.90. The highest BCUT2D eigenvalue weighted by Gasteiger charge is 2.10. The van der Waals surface area contributed by atoms with Crippen LogP contribution in [0.3, 0.4) is 0 Å². The molecule has 0 aliphatic rings. The van der Waals surface area contributed by atoms with Crippen molar-refractivity contribution in [1.82, 2.24) is 19.5 Å². The highest BCUT2D eigenvalue weighted by atomic mass is 16.5. The number of rotatable bonds is 3.